The van der Waals surface area contributed by atoms with Crippen LogP contribution in [0.15, 0.2) is 46.7 Å². The van der Waals surface area contributed by atoms with Gasteiger partial charge in [-0.05, 0) is 24.3 Å². The molecule has 2 heterocycles. The van der Waals surface area contributed by atoms with E-state index in [-0.39, 0.29) is 13.1 Å². The molecule has 4 rings (SSSR count). The van der Waals surface area contributed by atoms with E-state index in [9.17, 15) is 17.2 Å². The molecule has 1 aromatic heterocycles. The molecular weight excluding hydrogens is 460 g/mol. The Kier molecular flexibility index (Phi) is 6.31. The second-order valence-corrected chi connectivity index (χ2v) is 9.79. The zero-order valence-corrected chi connectivity index (χ0v) is 19.0. The van der Waals surface area contributed by atoms with Gasteiger partial charge in [0.1, 0.15) is 28.0 Å². The zero-order chi connectivity index (χ0) is 22.9. The van der Waals surface area contributed by atoms with Gasteiger partial charge in [0, 0.05) is 49.3 Å². The van der Waals surface area contributed by atoms with Crippen LogP contribution in [0.25, 0.3) is 11.3 Å². The fourth-order valence-corrected chi connectivity index (χ4v) is 5.83. The molecule has 0 N–H and O–H groups in total. The Labute approximate surface area is 188 Å². The Bertz CT molecular complexity index is 1230. The fraction of sp³-hybridized carbons (Fsp3) is 0.286. The minimum Gasteiger partial charge on any atom is -0.497 e. The Morgan fingerprint density at radius 1 is 1.00 bits per heavy atom. The van der Waals surface area contributed by atoms with Gasteiger partial charge >= 0.3 is 0 Å². The van der Waals surface area contributed by atoms with Crippen molar-refractivity contribution < 1.29 is 26.7 Å². The molecule has 0 amide bonds. The average molecular weight is 482 g/mol. The Morgan fingerprint density at radius 3 is 2.41 bits per heavy atom. The van der Waals surface area contributed by atoms with Crippen molar-refractivity contribution in [3.63, 3.8) is 0 Å². The first-order valence-corrected chi connectivity index (χ1v) is 12.0. The summed E-state index contributed by atoms with van der Waals surface area (Å²) in [6.07, 6.45) is 0. The number of sulfonamides is 1. The summed E-state index contributed by atoms with van der Waals surface area (Å²) in [5.41, 5.74) is 1.57. The summed E-state index contributed by atoms with van der Waals surface area (Å²) in [7, 11) is -0.887. The molecule has 1 aliphatic heterocycles. The van der Waals surface area contributed by atoms with Crippen molar-refractivity contribution in [3.05, 3.63) is 53.4 Å². The predicted octanol–water partition coefficient (Wildman–Crippen LogP) is 3.62. The van der Waals surface area contributed by atoms with Crippen LogP contribution >= 0.6 is 11.3 Å². The number of piperazine rings is 1. The van der Waals surface area contributed by atoms with E-state index in [4.69, 9.17) is 14.5 Å². The maximum absolute atomic E-state index is 14.0. The normalized spacial score (nSPS) is 15.1. The molecule has 3 aromatic rings. The number of rotatable bonds is 6. The number of hydrogen-bond donors (Lipinski definition) is 0. The smallest absolute Gasteiger partial charge is 0.246 e. The number of benzene rings is 2. The van der Waals surface area contributed by atoms with Gasteiger partial charge in [0.25, 0.3) is 0 Å². The van der Waals surface area contributed by atoms with Crippen molar-refractivity contribution in [2.24, 2.45) is 0 Å². The SMILES string of the molecule is COc1ccc(-c2csc(N3CCN(S(=O)(=O)c4ccc(F)cc4F)CC3)n2)c(OC)c1. The van der Waals surface area contributed by atoms with Crippen LogP contribution in [0.3, 0.4) is 0 Å². The molecule has 1 fully saturated rings. The van der Waals surface area contributed by atoms with Gasteiger partial charge in [-0.3, -0.25) is 0 Å². The molecule has 0 aliphatic carbocycles. The van der Waals surface area contributed by atoms with Gasteiger partial charge in [-0.25, -0.2) is 22.2 Å². The maximum atomic E-state index is 14.0. The van der Waals surface area contributed by atoms with Gasteiger partial charge < -0.3 is 14.4 Å². The van der Waals surface area contributed by atoms with E-state index in [1.54, 1.807) is 20.3 Å². The highest BCUT2D eigenvalue weighted by atomic mass is 32.2. The second kappa shape index (κ2) is 9.00. The van der Waals surface area contributed by atoms with Crippen molar-refractivity contribution >= 4 is 26.5 Å². The lowest BCUT2D eigenvalue weighted by atomic mass is 10.1. The second-order valence-electron chi connectivity index (χ2n) is 7.05. The molecule has 0 atom stereocenters. The van der Waals surface area contributed by atoms with E-state index in [1.807, 2.05) is 22.4 Å². The van der Waals surface area contributed by atoms with E-state index in [1.165, 1.54) is 15.6 Å². The van der Waals surface area contributed by atoms with E-state index < -0.39 is 26.6 Å². The van der Waals surface area contributed by atoms with Gasteiger partial charge in [0.05, 0.1) is 19.9 Å². The van der Waals surface area contributed by atoms with Gasteiger partial charge in [0.2, 0.25) is 10.0 Å². The third-order valence-electron chi connectivity index (χ3n) is 5.20. The van der Waals surface area contributed by atoms with E-state index in [0.29, 0.717) is 30.7 Å². The lowest BCUT2D eigenvalue weighted by Crippen LogP contribution is -2.48. The summed E-state index contributed by atoms with van der Waals surface area (Å²) in [6.45, 7) is 1.13. The number of anilines is 1. The molecule has 32 heavy (non-hydrogen) atoms. The lowest BCUT2D eigenvalue weighted by Gasteiger charge is -2.33. The molecule has 0 saturated carbocycles. The van der Waals surface area contributed by atoms with Crippen LogP contribution in [0.5, 0.6) is 11.5 Å². The molecule has 0 unspecified atom stereocenters. The number of nitrogens with zero attached hydrogens (tertiary/aromatic N) is 3. The number of ether oxygens (including phenoxy) is 2. The third-order valence-corrected chi connectivity index (χ3v) is 8.03. The molecule has 0 radical (unpaired) electrons. The molecule has 0 spiro atoms. The number of halogens is 2. The highest BCUT2D eigenvalue weighted by Crippen LogP contribution is 2.36. The number of thiazole rings is 1. The first-order valence-electron chi connectivity index (χ1n) is 9.71. The van der Waals surface area contributed by atoms with E-state index in [2.05, 4.69) is 0 Å². The summed E-state index contributed by atoms with van der Waals surface area (Å²) in [4.78, 5) is 6.16. The van der Waals surface area contributed by atoms with Crippen molar-refractivity contribution in [2.45, 2.75) is 4.90 Å². The first-order chi connectivity index (χ1) is 15.3. The molecule has 0 bridgehead atoms. The minimum atomic E-state index is -4.05. The van der Waals surface area contributed by atoms with Crippen LogP contribution in [0, 0.1) is 11.6 Å². The molecule has 7 nitrogen and oxygen atoms in total. The van der Waals surface area contributed by atoms with E-state index in [0.717, 1.165) is 28.5 Å². The first kappa shape index (κ1) is 22.4. The van der Waals surface area contributed by atoms with E-state index >= 15 is 0 Å². The van der Waals surface area contributed by atoms with Crippen molar-refractivity contribution in [3.8, 4) is 22.8 Å². The standard InChI is InChI=1S/C21H21F2N3O4S2/c1-29-15-4-5-16(19(12-15)30-2)18-13-31-21(24-18)25-7-9-26(10-8-25)32(27,28)20-6-3-14(22)11-17(20)23/h3-6,11-13H,7-10H2,1-2H3. The Morgan fingerprint density at radius 2 is 1.75 bits per heavy atom. The number of hydrogen-bond acceptors (Lipinski definition) is 7. The summed E-state index contributed by atoms with van der Waals surface area (Å²) in [5, 5.41) is 2.67. The van der Waals surface area contributed by atoms with Crippen LogP contribution in [-0.4, -0.2) is 58.1 Å². The highest BCUT2D eigenvalue weighted by Gasteiger charge is 2.31. The fourth-order valence-electron chi connectivity index (χ4n) is 3.49. The van der Waals surface area contributed by atoms with Crippen molar-refractivity contribution in [1.29, 1.82) is 0 Å². The lowest BCUT2D eigenvalue weighted by molar-refractivity contribution is 0.382. The zero-order valence-electron chi connectivity index (χ0n) is 17.4. The summed E-state index contributed by atoms with van der Waals surface area (Å²) < 4.78 is 64.6. The molecule has 2 aromatic carbocycles. The quantitative estimate of drug-likeness (QED) is 0.536. The molecule has 11 heteroatoms. The largest absolute Gasteiger partial charge is 0.497 e. The highest BCUT2D eigenvalue weighted by molar-refractivity contribution is 7.89. The molecule has 1 aliphatic rings. The number of aromatic nitrogens is 1. The monoisotopic (exact) mass is 481 g/mol. The third kappa shape index (κ3) is 4.27. The molecule has 170 valence electrons. The van der Waals surface area contributed by atoms with Crippen LogP contribution in [0.1, 0.15) is 0 Å². The van der Waals surface area contributed by atoms with Gasteiger partial charge in [-0.15, -0.1) is 11.3 Å². The van der Waals surface area contributed by atoms with Crippen molar-refractivity contribution in [2.75, 3.05) is 45.3 Å². The number of methoxy groups -OCH3 is 2. The maximum Gasteiger partial charge on any atom is 0.246 e. The summed E-state index contributed by atoms with van der Waals surface area (Å²) in [6, 6.07) is 7.96. The topological polar surface area (TPSA) is 72.0 Å². The van der Waals surface area contributed by atoms with Crippen molar-refractivity contribution in [1.82, 2.24) is 9.29 Å². The summed E-state index contributed by atoms with van der Waals surface area (Å²) >= 11 is 1.45. The predicted molar refractivity (Wildman–Crippen MR) is 118 cm³/mol. The van der Waals surface area contributed by atoms with Gasteiger partial charge in [0.15, 0.2) is 5.13 Å². The van der Waals surface area contributed by atoms with Crippen LogP contribution in [0.2, 0.25) is 0 Å². The van der Waals surface area contributed by atoms with Gasteiger partial charge in [-0.2, -0.15) is 4.31 Å². The molecular formula is C21H21F2N3O4S2. The summed E-state index contributed by atoms with van der Waals surface area (Å²) in [5.74, 6) is -0.598. The van der Waals surface area contributed by atoms with Crippen LogP contribution in [-0.2, 0) is 10.0 Å². The Balaban J connectivity index is 1.48. The van der Waals surface area contributed by atoms with Gasteiger partial charge in [-0.1, -0.05) is 0 Å². The van der Waals surface area contributed by atoms with Crippen LogP contribution < -0.4 is 14.4 Å². The minimum absolute atomic E-state index is 0.167. The average Bonchev–Trinajstić information content (AvgIpc) is 3.28. The van der Waals surface area contributed by atoms with Crippen LogP contribution in [0.4, 0.5) is 13.9 Å². The molecule has 1 saturated heterocycles. The Hall–Kier alpha value is -2.76.